The molecule has 1 aromatic carbocycles. The molecule has 0 amide bonds. The van der Waals surface area contributed by atoms with Gasteiger partial charge in [0.2, 0.25) is 5.95 Å². The summed E-state index contributed by atoms with van der Waals surface area (Å²) in [6.45, 7) is -0.0266. The molecule has 4 rings (SSSR count). The Balaban J connectivity index is 1.75. The lowest BCUT2D eigenvalue weighted by Gasteiger charge is -2.25. The third-order valence-electron chi connectivity index (χ3n) is 4.94. The molecule has 170 valence electrons. The fraction of sp³-hybridized carbons (Fsp3) is 0.200. The van der Waals surface area contributed by atoms with Crippen molar-refractivity contribution in [3.8, 4) is 0 Å². The summed E-state index contributed by atoms with van der Waals surface area (Å²) >= 11 is 0. The molecule has 0 saturated carbocycles. The molecule has 3 aromatic heterocycles. The number of aliphatic hydroxyl groups is 1. The first-order valence-corrected chi connectivity index (χ1v) is 9.94. The molecule has 8 N–H and O–H groups in total. The van der Waals surface area contributed by atoms with Crippen LogP contribution in [0.25, 0.3) is 11.2 Å². The highest BCUT2D eigenvalue weighted by Gasteiger charge is 2.20. The number of H-pyrrole nitrogens is 1. The highest BCUT2D eigenvalue weighted by Crippen LogP contribution is 2.21. The van der Waals surface area contributed by atoms with Crippen LogP contribution in [0, 0.1) is 0 Å². The first-order chi connectivity index (χ1) is 15.9. The van der Waals surface area contributed by atoms with Gasteiger partial charge in [0.05, 0.1) is 31.6 Å². The van der Waals surface area contributed by atoms with Gasteiger partial charge in [0.15, 0.2) is 17.0 Å². The van der Waals surface area contributed by atoms with Gasteiger partial charge in [-0.2, -0.15) is 9.97 Å². The van der Waals surface area contributed by atoms with Crippen molar-refractivity contribution in [2.24, 2.45) is 0 Å². The van der Waals surface area contributed by atoms with Gasteiger partial charge in [0.25, 0.3) is 5.56 Å². The molecular weight excluding hydrogens is 428 g/mol. The third kappa shape index (κ3) is 4.43. The zero-order valence-electron chi connectivity index (χ0n) is 17.5. The fourth-order valence-corrected chi connectivity index (χ4v) is 3.45. The standard InChI is InChI=1S/C20H22N10O3/c21-15-13-17(27-19(23)26-15)24-8-12(25-13)10-29(6-7-31)14-16(22)30(20(33)28-18(14)32)9-11-4-2-1-3-5-11/h1-5,8,31H,6-7,9-10,22H2,(H,28,32,33)(H4,21,23,24,26,27). The van der Waals surface area contributed by atoms with Crippen molar-refractivity contribution in [2.45, 2.75) is 13.1 Å². The number of benzene rings is 1. The molecule has 0 bridgehead atoms. The highest BCUT2D eigenvalue weighted by atomic mass is 16.3. The Morgan fingerprint density at radius 3 is 2.55 bits per heavy atom. The molecule has 0 fully saturated rings. The van der Waals surface area contributed by atoms with Crippen LogP contribution in [0.5, 0.6) is 0 Å². The van der Waals surface area contributed by atoms with Crippen LogP contribution in [0.4, 0.5) is 23.3 Å². The van der Waals surface area contributed by atoms with Gasteiger partial charge >= 0.3 is 5.69 Å². The summed E-state index contributed by atoms with van der Waals surface area (Å²) in [7, 11) is 0. The van der Waals surface area contributed by atoms with Crippen LogP contribution in [0.3, 0.4) is 0 Å². The normalized spacial score (nSPS) is 11.1. The van der Waals surface area contributed by atoms with Crippen molar-refractivity contribution in [2.75, 3.05) is 35.3 Å². The summed E-state index contributed by atoms with van der Waals surface area (Å²) in [5.41, 5.74) is 18.2. The van der Waals surface area contributed by atoms with Gasteiger partial charge in [-0.3, -0.25) is 14.3 Å². The van der Waals surface area contributed by atoms with Crippen molar-refractivity contribution in [1.29, 1.82) is 0 Å². The lowest BCUT2D eigenvalue weighted by molar-refractivity contribution is 0.301. The molecule has 0 spiro atoms. The Kier molecular flexibility index (Phi) is 5.87. The number of nitrogens with one attached hydrogen (secondary N) is 1. The van der Waals surface area contributed by atoms with Crippen LogP contribution in [0.2, 0.25) is 0 Å². The van der Waals surface area contributed by atoms with E-state index in [1.807, 2.05) is 30.3 Å². The number of nitrogens with zero attached hydrogens (tertiary/aromatic N) is 6. The molecule has 0 aliphatic rings. The predicted octanol–water partition coefficient (Wildman–Crippen LogP) is -0.936. The molecule has 0 saturated heterocycles. The van der Waals surface area contributed by atoms with E-state index in [2.05, 4.69) is 24.9 Å². The lowest BCUT2D eigenvalue weighted by Crippen LogP contribution is -2.39. The summed E-state index contributed by atoms with van der Waals surface area (Å²) in [5.74, 6) is 0.00342. The van der Waals surface area contributed by atoms with Gasteiger partial charge < -0.3 is 27.2 Å². The lowest BCUT2D eigenvalue weighted by atomic mass is 10.2. The summed E-state index contributed by atoms with van der Waals surface area (Å²) in [5, 5.41) is 9.61. The molecule has 33 heavy (non-hydrogen) atoms. The number of rotatable bonds is 7. The van der Waals surface area contributed by atoms with E-state index in [-0.39, 0.29) is 60.7 Å². The smallest absolute Gasteiger partial charge is 0.330 e. The Hall–Kier alpha value is -4.52. The van der Waals surface area contributed by atoms with Gasteiger partial charge in [-0.05, 0) is 5.56 Å². The van der Waals surface area contributed by atoms with Crippen LogP contribution in [0.1, 0.15) is 11.3 Å². The van der Waals surface area contributed by atoms with E-state index in [1.165, 1.54) is 15.7 Å². The highest BCUT2D eigenvalue weighted by molar-refractivity contribution is 5.81. The largest absolute Gasteiger partial charge is 0.395 e. The Morgan fingerprint density at radius 2 is 1.82 bits per heavy atom. The third-order valence-corrected chi connectivity index (χ3v) is 4.94. The van der Waals surface area contributed by atoms with E-state index in [1.54, 1.807) is 0 Å². The van der Waals surface area contributed by atoms with Crippen LogP contribution in [0.15, 0.2) is 46.1 Å². The second kappa shape index (κ2) is 8.92. The monoisotopic (exact) mass is 450 g/mol. The molecular formula is C20H22N10O3. The van der Waals surface area contributed by atoms with Gasteiger partial charge in [-0.1, -0.05) is 30.3 Å². The molecule has 0 atom stereocenters. The van der Waals surface area contributed by atoms with Crippen LogP contribution < -0.4 is 33.3 Å². The maximum atomic E-state index is 12.7. The SMILES string of the molecule is Nc1nc(N)c2nc(CN(CCO)c3c(N)n(Cc4ccccc4)c(=O)[nH]c3=O)cnc2n1. The quantitative estimate of drug-likeness (QED) is 0.232. The Bertz CT molecular complexity index is 1420. The summed E-state index contributed by atoms with van der Waals surface area (Å²) in [6, 6.07) is 9.21. The first-order valence-electron chi connectivity index (χ1n) is 9.94. The van der Waals surface area contributed by atoms with Crippen molar-refractivity contribution in [3.05, 3.63) is 68.6 Å². The van der Waals surface area contributed by atoms with E-state index in [9.17, 15) is 14.7 Å². The van der Waals surface area contributed by atoms with Crippen molar-refractivity contribution >= 4 is 34.4 Å². The number of nitrogen functional groups attached to an aromatic ring is 3. The van der Waals surface area contributed by atoms with Crippen molar-refractivity contribution in [3.63, 3.8) is 0 Å². The van der Waals surface area contributed by atoms with Crippen LogP contribution >= 0.6 is 0 Å². The molecule has 0 unspecified atom stereocenters. The minimum absolute atomic E-state index is 0.0241. The zero-order chi connectivity index (χ0) is 23.5. The first kappa shape index (κ1) is 21.7. The number of hydrogen-bond acceptors (Lipinski definition) is 11. The molecule has 4 aromatic rings. The number of aliphatic hydroxyl groups excluding tert-OH is 1. The number of hydrogen-bond donors (Lipinski definition) is 5. The number of aromatic nitrogens is 6. The topological polar surface area (TPSA) is 208 Å². The molecule has 3 heterocycles. The van der Waals surface area contributed by atoms with Crippen molar-refractivity contribution < 1.29 is 5.11 Å². The second-order valence-corrected chi connectivity index (χ2v) is 7.21. The van der Waals surface area contributed by atoms with Gasteiger partial charge in [0, 0.05) is 6.54 Å². The summed E-state index contributed by atoms with van der Waals surface area (Å²) in [6.07, 6.45) is 1.45. The predicted molar refractivity (Wildman–Crippen MR) is 123 cm³/mol. The molecule has 13 nitrogen and oxygen atoms in total. The molecule has 0 radical (unpaired) electrons. The number of fused-ring (bicyclic) bond motifs is 1. The van der Waals surface area contributed by atoms with Crippen LogP contribution in [-0.2, 0) is 13.1 Å². The maximum absolute atomic E-state index is 12.7. The molecule has 13 heteroatoms. The Morgan fingerprint density at radius 1 is 1.06 bits per heavy atom. The fourth-order valence-electron chi connectivity index (χ4n) is 3.45. The number of nitrogens with two attached hydrogens (primary N) is 3. The van der Waals surface area contributed by atoms with Gasteiger partial charge in [-0.15, -0.1) is 0 Å². The number of anilines is 4. The van der Waals surface area contributed by atoms with Crippen molar-refractivity contribution in [1.82, 2.24) is 29.5 Å². The van der Waals surface area contributed by atoms with Gasteiger partial charge in [-0.25, -0.2) is 14.8 Å². The van der Waals surface area contributed by atoms with E-state index < -0.39 is 11.2 Å². The zero-order valence-corrected chi connectivity index (χ0v) is 17.5. The van der Waals surface area contributed by atoms with E-state index in [0.717, 1.165) is 5.56 Å². The summed E-state index contributed by atoms with van der Waals surface area (Å²) in [4.78, 5) is 45.5. The Labute approximate surface area is 186 Å². The molecule has 0 aliphatic carbocycles. The van der Waals surface area contributed by atoms with Crippen LogP contribution in [-0.4, -0.2) is 47.7 Å². The average Bonchev–Trinajstić information content (AvgIpc) is 2.77. The maximum Gasteiger partial charge on any atom is 0.330 e. The van der Waals surface area contributed by atoms with Gasteiger partial charge in [0.1, 0.15) is 11.5 Å². The van der Waals surface area contributed by atoms with E-state index >= 15 is 0 Å². The molecule has 0 aliphatic heterocycles. The van der Waals surface area contributed by atoms with E-state index in [4.69, 9.17) is 17.2 Å². The second-order valence-electron chi connectivity index (χ2n) is 7.21. The van der Waals surface area contributed by atoms with E-state index in [0.29, 0.717) is 5.69 Å². The minimum Gasteiger partial charge on any atom is -0.395 e. The minimum atomic E-state index is -0.681. The summed E-state index contributed by atoms with van der Waals surface area (Å²) < 4.78 is 1.26. The average molecular weight is 450 g/mol. The number of aromatic amines is 1.